The number of nitrogens with one attached hydrogen (secondary N) is 1. The van der Waals surface area contributed by atoms with E-state index in [2.05, 4.69) is 37.2 Å². The van der Waals surface area contributed by atoms with Gasteiger partial charge in [-0.05, 0) is 24.1 Å². The third-order valence-corrected chi connectivity index (χ3v) is 3.23. The maximum Gasteiger partial charge on any atom is 0.251 e. The molecule has 2 nitrogen and oxygen atoms in total. The molecule has 0 aliphatic carbocycles. The second-order valence-corrected chi connectivity index (χ2v) is 4.69. The zero-order valence-corrected chi connectivity index (χ0v) is 9.91. The van der Waals surface area contributed by atoms with Gasteiger partial charge in [0.25, 0.3) is 5.91 Å². The molecule has 13 heavy (non-hydrogen) atoms. The smallest absolute Gasteiger partial charge is 0.251 e. The van der Waals surface area contributed by atoms with Gasteiger partial charge in [0.05, 0.1) is 0 Å². The van der Waals surface area contributed by atoms with Crippen LogP contribution in [0.1, 0.15) is 15.9 Å². The van der Waals surface area contributed by atoms with E-state index in [9.17, 15) is 4.79 Å². The first-order valence-electron chi connectivity index (χ1n) is 3.94. The van der Waals surface area contributed by atoms with Gasteiger partial charge in [0.1, 0.15) is 0 Å². The summed E-state index contributed by atoms with van der Waals surface area (Å²) in [5, 5.41) is 2.81. The predicted molar refractivity (Wildman–Crippen MR) is 57.9 cm³/mol. The molecule has 68 valence electrons. The van der Waals surface area contributed by atoms with Crippen molar-refractivity contribution in [2.45, 2.75) is 6.42 Å². The summed E-state index contributed by atoms with van der Waals surface area (Å²) in [6, 6.07) is 3.83. The van der Waals surface area contributed by atoms with Crippen LogP contribution in [0.3, 0.4) is 0 Å². The van der Waals surface area contributed by atoms with Gasteiger partial charge < -0.3 is 5.32 Å². The molecule has 4 heteroatoms. The minimum Gasteiger partial charge on any atom is -0.352 e. The summed E-state index contributed by atoms with van der Waals surface area (Å²) in [4.78, 5) is 11.4. The highest BCUT2D eigenvalue weighted by Crippen LogP contribution is 2.27. The Labute approximate surface area is 93.0 Å². The third kappa shape index (κ3) is 1.65. The van der Waals surface area contributed by atoms with Crippen LogP contribution in [0.4, 0.5) is 0 Å². The van der Waals surface area contributed by atoms with Gasteiger partial charge in [-0.2, -0.15) is 0 Å². The second-order valence-electron chi connectivity index (χ2n) is 2.92. The molecular formula is C9H7Br2NO. The number of rotatable bonds is 0. The molecular weight excluding hydrogens is 298 g/mol. The zero-order valence-electron chi connectivity index (χ0n) is 6.73. The monoisotopic (exact) mass is 303 g/mol. The van der Waals surface area contributed by atoms with Crippen LogP contribution in [0.5, 0.6) is 0 Å². The van der Waals surface area contributed by atoms with E-state index < -0.39 is 0 Å². The topological polar surface area (TPSA) is 29.1 Å². The maximum absolute atomic E-state index is 11.4. The van der Waals surface area contributed by atoms with E-state index in [-0.39, 0.29) is 5.91 Å². The van der Waals surface area contributed by atoms with Crippen molar-refractivity contribution in [3.05, 3.63) is 32.2 Å². The van der Waals surface area contributed by atoms with Crippen molar-refractivity contribution < 1.29 is 4.79 Å². The molecule has 1 aliphatic rings. The Morgan fingerprint density at radius 1 is 1.31 bits per heavy atom. The number of amides is 1. The summed E-state index contributed by atoms with van der Waals surface area (Å²) < 4.78 is 1.93. The highest BCUT2D eigenvalue weighted by molar-refractivity contribution is 9.11. The van der Waals surface area contributed by atoms with Crippen LogP contribution < -0.4 is 5.32 Å². The highest BCUT2D eigenvalue weighted by atomic mass is 79.9. The van der Waals surface area contributed by atoms with Gasteiger partial charge in [-0.15, -0.1) is 0 Å². The summed E-state index contributed by atoms with van der Waals surface area (Å²) >= 11 is 6.81. The van der Waals surface area contributed by atoms with Crippen LogP contribution in [0, 0.1) is 0 Å². The van der Waals surface area contributed by atoms with Crippen LogP contribution in [-0.4, -0.2) is 12.5 Å². The quantitative estimate of drug-likeness (QED) is 0.784. The fraction of sp³-hybridized carbons (Fsp3) is 0.222. The summed E-state index contributed by atoms with van der Waals surface area (Å²) in [5.41, 5.74) is 1.87. The van der Waals surface area contributed by atoms with Crippen LogP contribution in [0.25, 0.3) is 0 Å². The van der Waals surface area contributed by atoms with Gasteiger partial charge >= 0.3 is 0 Å². The maximum atomic E-state index is 11.4. The number of halogens is 2. The molecule has 1 amide bonds. The van der Waals surface area contributed by atoms with Crippen molar-refractivity contribution in [2.24, 2.45) is 0 Å². The molecule has 0 unspecified atom stereocenters. The van der Waals surface area contributed by atoms with Crippen LogP contribution in [0.2, 0.25) is 0 Å². The molecule has 0 saturated carbocycles. The minimum atomic E-state index is 0.0169. The van der Waals surface area contributed by atoms with Crippen LogP contribution >= 0.6 is 31.9 Å². The lowest BCUT2D eigenvalue weighted by atomic mass is 10.0. The summed E-state index contributed by atoms with van der Waals surface area (Å²) in [6.07, 6.45) is 0.898. The number of carbonyl (C=O) groups excluding carboxylic acids is 1. The second kappa shape index (κ2) is 3.42. The third-order valence-electron chi connectivity index (χ3n) is 2.07. The van der Waals surface area contributed by atoms with E-state index >= 15 is 0 Å². The predicted octanol–water partition coefficient (Wildman–Crippen LogP) is 2.50. The first-order valence-corrected chi connectivity index (χ1v) is 5.53. The molecule has 1 heterocycles. The van der Waals surface area contributed by atoms with Gasteiger partial charge in [0, 0.05) is 21.1 Å². The van der Waals surface area contributed by atoms with Crippen LogP contribution in [-0.2, 0) is 6.42 Å². The molecule has 1 N–H and O–H groups in total. The number of hydrogen-bond acceptors (Lipinski definition) is 1. The lowest BCUT2D eigenvalue weighted by Crippen LogP contribution is -2.32. The van der Waals surface area contributed by atoms with Crippen molar-refractivity contribution >= 4 is 37.8 Å². The van der Waals surface area contributed by atoms with E-state index in [0.29, 0.717) is 0 Å². The Hall–Kier alpha value is -0.350. The van der Waals surface area contributed by atoms with Gasteiger partial charge in [-0.1, -0.05) is 31.9 Å². The highest BCUT2D eigenvalue weighted by Gasteiger charge is 2.18. The van der Waals surface area contributed by atoms with Gasteiger partial charge in [-0.3, -0.25) is 4.79 Å². The molecule has 0 spiro atoms. The Bertz CT molecular complexity index is 376. The van der Waals surface area contributed by atoms with Crippen molar-refractivity contribution in [3.63, 3.8) is 0 Å². The molecule has 0 bridgehead atoms. The van der Waals surface area contributed by atoms with E-state index in [1.165, 1.54) is 0 Å². The Morgan fingerprint density at radius 2 is 2.08 bits per heavy atom. The Morgan fingerprint density at radius 3 is 2.85 bits per heavy atom. The number of carbonyl (C=O) groups is 1. The van der Waals surface area contributed by atoms with Gasteiger partial charge in [0.2, 0.25) is 0 Å². The average Bonchev–Trinajstić information content (AvgIpc) is 2.07. The normalized spacial score (nSPS) is 15.1. The summed E-state index contributed by atoms with van der Waals surface area (Å²) in [7, 11) is 0. The van der Waals surface area contributed by atoms with Crippen molar-refractivity contribution in [3.8, 4) is 0 Å². The van der Waals surface area contributed by atoms with Crippen molar-refractivity contribution in [1.29, 1.82) is 0 Å². The van der Waals surface area contributed by atoms with Crippen molar-refractivity contribution in [2.75, 3.05) is 6.54 Å². The molecule has 1 aromatic carbocycles. The molecule has 0 aromatic heterocycles. The lowest BCUT2D eigenvalue weighted by molar-refractivity contribution is 0.0946. The first kappa shape index (κ1) is 9.21. The lowest BCUT2D eigenvalue weighted by Gasteiger charge is -2.17. The van der Waals surface area contributed by atoms with E-state index in [1.807, 2.05) is 12.1 Å². The molecule has 2 rings (SSSR count). The molecule has 1 aromatic rings. The SMILES string of the molecule is O=C1NCCc2c(Br)cc(Br)cc21. The Kier molecular flexibility index (Phi) is 2.43. The average molecular weight is 305 g/mol. The van der Waals surface area contributed by atoms with E-state index in [0.717, 1.165) is 33.0 Å². The molecule has 0 fully saturated rings. The van der Waals surface area contributed by atoms with Crippen molar-refractivity contribution in [1.82, 2.24) is 5.32 Å². The standard InChI is InChI=1S/C9H7Br2NO/c10-5-3-7-6(8(11)4-5)1-2-12-9(7)13/h3-4H,1-2H2,(H,12,13). The molecule has 1 aliphatic heterocycles. The largest absolute Gasteiger partial charge is 0.352 e. The number of fused-ring (bicyclic) bond motifs is 1. The summed E-state index contributed by atoms with van der Waals surface area (Å²) in [6.45, 7) is 0.728. The molecule has 0 radical (unpaired) electrons. The molecule has 0 atom stereocenters. The van der Waals surface area contributed by atoms with E-state index in [1.54, 1.807) is 0 Å². The molecule has 0 saturated heterocycles. The number of hydrogen-bond donors (Lipinski definition) is 1. The van der Waals surface area contributed by atoms with Crippen LogP contribution in [0.15, 0.2) is 21.1 Å². The Balaban J connectivity index is 2.63. The van der Waals surface area contributed by atoms with Gasteiger partial charge in [0.15, 0.2) is 0 Å². The summed E-state index contributed by atoms with van der Waals surface area (Å²) in [5.74, 6) is 0.0169. The minimum absolute atomic E-state index is 0.0169. The zero-order chi connectivity index (χ0) is 9.42. The van der Waals surface area contributed by atoms with Gasteiger partial charge in [-0.25, -0.2) is 0 Å². The fourth-order valence-corrected chi connectivity index (χ4v) is 2.88. The first-order chi connectivity index (χ1) is 6.18. The number of benzene rings is 1. The van der Waals surface area contributed by atoms with E-state index in [4.69, 9.17) is 0 Å². The fourth-order valence-electron chi connectivity index (χ4n) is 1.46.